The summed E-state index contributed by atoms with van der Waals surface area (Å²) in [5.41, 5.74) is 0. The number of hydrogen-bond acceptors (Lipinski definition) is 0. The molecule has 0 heterocycles. The van der Waals surface area contributed by atoms with E-state index in [4.69, 9.17) is 0 Å². The van der Waals surface area contributed by atoms with E-state index >= 15 is 0 Å². The summed E-state index contributed by atoms with van der Waals surface area (Å²) in [4.78, 5) is 0. The fourth-order valence-electron chi connectivity index (χ4n) is 0.899. The summed E-state index contributed by atoms with van der Waals surface area (Å²) in [6.45, 7) is 10.3. The lowest BCUT2D eigenvalue weighted by atomic mass is 10.2. The van der Waals surface area contributed by atoms with Crippen molar-refractivity contribution >= 4 is 0 Å². The summed E-state index contributed by atoms with van der Waals surface area (Å²) in [6.07, 6.45) is 7.41. The number of hydrogen-bond donors (Lipinski definition) is 0. The molecule has 0 aliphatic heterocycles. The lowest BCUT2D eigenvalue weighted by Crippen LogP contribution is -1.72. The third-order valence-corrected chi connectivity index (χ3v) is 1.66. The van der Waals surface area contributed by atoms with E-state index < -0.39 is 0 Å². The van der Waals surface area contributed by atoms with Crippen molar-refractivity contribution in [3.8, 4) is 0 Å². The smallest absolute Gasteiger partial charge is 0.0414 e. The average molecular weight is 158 g/mol. The highest BCUT2D eigenvalue weighted by Gasteiger charge is 2.19. The normalized spacial score (nSPS) is 13.9. The van der Waals surface area contributed by atoms with E-state index in [2.05, 4.69) is 6.92 Å². The van der Waals surface area contributed by atoms with Gasteiger partial charge in [0.1, 0.15) is 0 Å². The van der Waals surface area contributed by atoms with Crippen LogP contribution in [0.25, 0.3) is 0 Å². The molecule has 0 spiro atoms. The van der Waals surface area contributed by atoms with E-state index in [1.54, 1.807) is 0 Å². The maximum Gasteiger partial charge on any atom is -0.0414 e. The van der Waals surface area contributed by atoms with Crippen molar-refractivity contribution in [2.75, 3.05) is 0 Å². The number of unbranched alkanes of at least 4 members (excludes halogenated alkanes) is 1. The predicted octanol–water partition coefficient (Wildman–Crippen LogP) is 4.64. The van der Waals surface area contributed by atoms with E-state index in [1.165, 1.54) is 32.1 Å². The van der Waals surface area contributed by atoms with Gasteiger partial charge in [0.25, 0.3) is 0 Å². The predicted molar refractivity (Wildman–Crippen MR) is 54.9 cm³/mol. The molecule has 70 valence electrons. The fraction of sp³-hybridized carbons (Fsp3) is 1.00. The van der Waals surface area contributed by atoms with Gasteiger partial charge in [0.05, 0.1) is 0 Å². The Morgan fingerprint density at radius 2 is 1.45 bits per heavy atom. The van der Waals surface area contributed by atoms with E-state index in [1.807, 2.05) is 27.7 Å². The van der Waals surface area contributed by atoms with Gasteiger partial charge in [-0.25, -0.2) is 0 Å². The summed E-state index contributed by atoms with van der Waals surface area (Å²) in [7, 11) is 0. The third-order valence-electron chi connectivity index (χ3n) is 1.66. The molecule has 0 atom stereocenters. The van der Waals surface area contributed by atoms with E-state index in [9.17, 15) is 0 Å². The van der Waals surface area contributed by atoms with Gasteiger partial charge in [0, 0.05) is 0 Å². The van der Waals surface area contributed by atoms with Gasteiger partial charge >= 0.3 is 0 Å². The molecule has 1 aliphatic rings. The molecule has 0 bridgehead atoms. The van der Waals surface area contributed by atoms with Crippen LogP contribution in [0.15, 0.2) is 0 Å². The maximum absolute atomic E-state index is 2.27. The van der Waals surface area contributed by atoms with Gasteiger partial charge in [-0.2, -0.15) is 0 Å². The van der Waals surface area contributed by atoms with E-state index in [-0.39, 0.29) is 0 Å². The Bertz CT molecular complexity index is 44.0. The Kier molecular flexibility index (Phi) is 15.6. The first-order chi connectivity index (χ1) is 5.43. The molecule has 0 unspecified atom stereocenters. The second kappa shape index (κ2) is 12.7. The van der Waals surface area contributed by atoms with Crippen LogP contribution >= 0.6 is 0 Å². The molecule has 0 aromatic heterocycles. The largest absolute Gasteiger partial charge is 0.0683 e. The minimum absolute atomic E-state index is 1.15. The van der Waals surface area contributed by atoms with Crippen molar-refractivity contribution in [2.24, 2.45) is 5.92 Å². The van der Waals surface area contributed by atoms with Crippen molar-refractivity contribution in [2.45, 2.75) is 66.7 Å². The van der Waals surface area contributed by atoms with Crippen molar-refractivity contribution in [3.63, 3.8) is 0 Å². The molecule has 1 rings (SSSR count). The van der Waals surface area contributed by atoms with Crippen LogP contribution in [-0.4, -0.2) is 0 Å². The quantitative estimate of drug-likeness (QED) is 0.561. The summed E-state index contributed by atoms with van der Waals surface area (Å²) in [5.74, 6) is 1.15. The molecule has 0 aromatic carbocycles. The molecule has 0 amide bonds. The second-order valence-electron chi connectivity index (χ2n) is 2.59. The molecule has 1 fully saturated rings. The van der Waals surface area contributed by atoms with Crippen molar-refractivity contribution in [1.82, 2.24) is 0 Å². The first kappa shape index (κ1) is 13.6. The van der Waals surface area contributed by atoms with Gasteiger partial charge in [-0.1, -0.05) is 66.7 Å². The minimum atomic E-state index is 1.15. The van der Waals surface area contributed by atoms with Gasteiger partial charge in [-0.05, 0) is 5.92 Å². The average Bonchev–Trinajstić information content (AvgIpc) is 2.92. The summed E-state index contributed by atoms with van der Waals surface area (Å²) in [6, 6.07) is 0. The second-order valence-corrected chi connectivity index (χ2v) is 2.59. The highest BCUT2D eigenvalue weighted by atomic mass is 14.2. The Morgan fingerprint density at radius 3 is 1.73 bits per heavy atom. The van der Waals surface area contributed by atoms with E-state index in [0.29, 0.717) is 0 Å². The van der Waals surface area contributed by atoms with E-state index in [0.717, 1.165) is 5.92 Å². The Labute approximate surface area is 73.4 Å². The molecule has 0 nitrogen and oxygen atoms in total. The monoisotopic (exact) mass is 158 g/mol. The molecule has 1 saturated carbocycles. The van der Waals surface area contributed by atoms with Crippen LogP contribution in [0.2, 0.25) is 0 Å². The minimum Gasteiger partial charge on any atom is -0.0683 e. The summed E-state index contributed by atoms with van der Waals surface area (Å²) in [5, 5.41) is 0. The van der Waals surface area contributed by atoms with Crippen LogP contribution in [0.5, 0.6) is 0 Å². The van der Waals surface area contributed by atoms with Gasteiger partial charge in [-0.15, -0.1) is 0 Å². The third kappa shape index (κ3) is 13.1. The fourth-order valence-corrected chi connectivity index (χ4v) is 0.899. The summed E-state index contributed by atoms with van der Waals surface area (Å²) < 4.78 is 0. The molecular weight excluding hydrogens is 132 g/mol. The molecule has 11 heavy (non-hydrogen) atoms. The molecule has 0 N–H and O–H groups in total. The van der Waals surface area contributed by atoms with Crippen LogP contribution in [0.1, 0.15) is 66.7 Å². The molecule has 1 aliphatic carbocycles. The van der Waals surface area contributed by atoms with Crippen LogP contribution in [0.3, 0.4) is 0 Å². The first-order valence-corrected chi connectivity index (χ1v) is 5.43. The molecular formula is C11H26. The van der Waals surface area contributed by atoms with Crippen LogP contribution in [0.4, 0.5) is 0 Å². The van der Waals surface area contributed by atoms with Crippen molar-refractivity contribution in [1.29, 1.82) is 0 Å². The van der Waals surface area contributed by atoms with Crippen molar-refractivity contribution in [3.05, 3.63) is 0 Å². The zero-order chi connectivity index (χ0) is 9.11. The number of rotatable bonds is 3. The first-order valence-electron chi connectivity index (χ1n) is 5.43. The van der Waals surface area contributed by atoms with Crippen molar-refractivity contribution < 1.29 is 0 Å². The van der Waals surface area contributed by atoms with Gasteiger partial charge < -0.3 is 0 Å². The lowest BCUT2D eigenvalue weighted by Gasteiger charge is -1.88. The standard InChI is InChI=1S/C7H14.2C2H6/c1-2-3-4-7-5-6-7;2*1-2/h7H,2-6H2,1H3;2*1-2H3. The molecule has 0 heteroatoms. The Balaban J connectivity index is 0. The zero-order valence-electron chi connectivity index (χ0n) is 9.11. The highest BCUT2D eigenvalue weighted by molar-refractivity contribution is 4.71. The SMILES string of the molecule is CC.CC.CCCCC1CC1. The topological polar surface area (TPSA) is 0 Å². The highest BCUT2D eigenvalue weighted by Crippen LogP contribution is 2.33. The maximum atomic E-state index is 2.27. The van der Waals surface area contributed by atoms with Crippen LogP contribution in [0, 0.1) is 5.92 Å². The van der Waals surface area contributed by atoms with Gasteiger partial charge in [0.2, 0.25) is 0 Å². The lowest BCUT2D eigenvalue weighted by molar-refractivity contribution is 0.654. The Morgan fingerprint density at radius 1 is 1.00 bits per heavy atom. The summed E-state index contributed by atoms with van der Waals surface area (Å²) >= 11 is 0. The molecule has 0 saturated heterocycles. The molecule has 0 aromatic rings. The van der Waals surface area contributed by atoms with Gasteiger partial charge in [0.15, 0.2) is 0 Å². The Hall–Kier alpha value is 0. The van der Waals surface area contributed by atoms with Gasteiger partial charge in [-0.3, -0.25) is 0 Å². The van der Waals surface area contributed by atoms with Crippen LogP contribution in [-0.2, 0) is 0 Å². The zero-order valence-corrected chi connectivity index (χ0v) is 9.11. The molecule has 0 radical (unpaired) electrons. The van der Waals surface area contributed by atoms with Crippen LogP contribution < -0.4 is 0 Å².